The molecule has 2 saturated carbocycles. The highest BCUT2D eigenvalue weighted by Gasteiger charge is 2.59. The summed E-state index contributed by atoms with van der Waals surface area (Å²) in [6, 6.07) is 0.644. The Morgan fingerprint density at radius 2 is 1.79 bits per heavy atom. The smallest absolute Gasteiger partial charge is 0.0577 e. The van der Waals surface area contributed by atoms with Crippen molar-refractivity contribution in [2.24, 2.45) is 34.5 Å². The minimum atomic E-state index is -0.101. The van der Waals surface area contributed by atoms with E-state index >= 15 is 0 Å². The first-order valence-electron chi connectivity index (χ1n) is 12.2. The lowest BCUT2D eigenvalue weighted by Crippen LogP contribution is -2.53. The van der Waals surface area contributed by atoms with Crippen LogP contribution in [0.4, 0.5) is 0 Å². The van der Waals surface area contributed by atoms with E-state index < -0.39 is 0 Å². The summed E-state index contributed by atoms with van der Waals surface area (Å²) in [5, 5.41) is 14.2. The first-order chi connectivity index (χ1) is 13.3. The van der Waals surface area contributed by atoms with Crippen molar-refractivity contribution in [1.82, 2.24) is 5.32 Å². The van der Waals surface area contributed by atoms with E-state index in [1.165, 1.54) is 51.5 Å². The van der Waals surface area contributed by atoms with E-state index in [2.05, 4.69) is 39.1 Å². The van der Waals surface area contributed by atoms with E-state index in [9.17, 15) is 5.11 Å². The molecule has 0 aromatic heterocycles. The summed E-state index contributed by atoms with van der Waals surface area (Å²) in [6.07, 6.45) is 13.8. The predicted octanol–water partition coefficient (Wildman–Crippen LogP) is 5.62. The van der Waals surface area contributed by atoms with Crippen molar-refractivity contribution in [2.45, 2.75) is 97.6 Å². The Morgan fingerprint density at radius 1 is 1.00 bits per heavy atom. The highest BCUT2D eigenvalue weighted by atomic mass is 16.3. The van der Waals surface area contributed by atoms with Crippen LogP contribution in [0.2, 0.25) is 0 Å². The summed E-state index contributed by atoms with van der Waals surface area (Å²) in [6.45, 7) is 11.3. The minimum absolute atomic E-state index is 0.101. The molecule has 1 heterocycles. The molecule has 5 rings (SSSR count). The first-order valence-corrected chi connectivity index (χ1v) is 12.2. The molecule has 2 heteroatoms. The highest BCUT2D eigenvalue weighted by molar-refractivity contribution is 5.37. The monoisotopic (exact) mass is 383 g/mol. The van der Waals surface area contributed by atoms with E-state index in [-0.39, 0.29) is 6.10 Å². The van der Waals surface area contributed by atoms with E-state index in [1.807, 2.05) is 5.57 Å². The normalized spacial score (nSPS) is 51.2. The molecule has 2 nitrogen and oxygen atoms in total. The number of hydrogen-bond acceptors (Lipinski definition) is 2. The van der Waals surface area contributed by atoms with Crippen LogP contribution in [-0.2, 0) is 0 Å². The van der Waals surface area contributed by atoms with Gasteiger partial charge in [0.05, 0.1) is 6.10 Å². The van der Waals surface area contributed by atoms with Crippen molar-refractivity contribution >= 4 is 0 Å². The third kappa shape index (κ3) is 2.66. The average molecular weight is 384 g/mol. The van der Waals surface area contributed by atoms with Gasteiger partial charge < -0.3 is 10.4 Å². The van der Waals surface area contributed by atoms with Crippen molar-refractivity contribution in [3.8, 4) is 0 Å². The SMILES string of the molecule is CC1=C(C2CCCCN2)[C@@]2(C)CC[C@@H]3[C@@H](C(C)C=C4CC(O)CC[C@@]43C)[C@@H]2C1. The molecule has 0 amide bonds. The van der Waals surface area contributed by atoms with E-state index in [4.69, 9.17) is 0 Å². The van der Waals surface area contributed by atoms with Gasteiger partial charge in [-0.15, -0.1) is 0 Å². The number of rotatable bonds is 1. The lowest BCUT2D eigenvalue weighted by molar-refractivity contribution is -0.0497. The van der Waals surface area contributed by atoms with Crippen LogP contribution in [0.3, 0.4) is 0 Å². The van der Waals surface area contributed by atoms with Crippen molar-refractivity contribution < 1.29 is 5.11 Å². The Labute approximate surface area is 172 Å². The average Bonchev–Trinajstić information content (AvgIpc) is 2.94. The second kappa shape index (κ2) is 6.71. The van der Waals surface area contributed by atoms with Gasteiger partial charge in [-0.3, -0.25) is 0 Å². The molecular formula is C26H41NO. The maximum absolute atomic E-state index is 10.3. The van der Waals surface area contributed by atoms with Gasteiger partial charge in [-0.25, -0.2) is 0 Å². The third-order valence-corrected chi connectivity index (χ3v) is 10.1. The van der Waals surface area contributed by atoms with Gasteiger partial charge in [0.25, 0.3) is 0 Å². The van der Waals surface area contributed by atoms with Crippen LogP contribution in [0, 0.1) is 34.5 Å². The fourth-order valence-electron chi connectivity index (χ4n) is 8.76. The molecule has 0 spiro atoms. The number of hydrogen-bond donors (Lipinski definition) is 2. The molecule has 5 aliphatic rings. The van der Waals surface area contributed by atoms with Crippen molar-refractivity contribution in [3.05, 3.63) is 22.8 Å². The maximum Gasteiger partial charge on any atom is 0.0577 e. The summed E-state index contributed by atoms with van der Waals surface area (Å²) < 4.78 is 0. The van der Waals surface area contributed by atoms with E-state index in [0.29, 0.717) is 22.8 Å². The molecule has 0 radical (unpaired) electrons. The van der Waals surface area contributed by atoms with E-state index in [1.54, 1.807) is 11.1 Å². The van der Waals surface area contributed by atoms with Gasteiger partial charge in [-0.2, -0.15) is 0 Å². The summed E-state index contributed by atoms with van der Waals surface area (Å²) in [5.41, 5.74) is 5.89. The van der Waals surface area contributed by atoms with Gasteiger partial charge >= 0.3 is 0 Å². The van der Waals surface area contributed by atoms with Crippen LogP contribution >= 0.6 is 0 Å². The predicted molar refractivity (Wildman–Crippen MR) is 116 cm³/mol. The fourth-order valence-corrected chi connectivity index (χ4v) is 8.76. The van der Waals surface area contributed by atoms with E-state index in [0.717, 1.165) is 30.6 Å². The van der Waals surface area contributed by atoms with Gasteiger partial charge in [0.1, 0.15) is 0 Å². The number of nitrogens with one attached hydrogen (secondary N) is 1. The number of aliphatic hydroxyl groups is 1. The van der Waals surface area contributed by atoms with Crippen molar-refractivity contribution in [3.63, 3.8) is 0 Å². The van der Waals surface area contributed by atoms with Gasteiger partial charge in [0.15, 0.2) is 0 Å². The Hall–Kier alpha value is -0.600. The lowest BCUT2D eigenvalue weighted by atomic mass is 9.45. The molecule has 2 N–H and O–H groups in total. The van der Waals surface area contributed by atoms with Crippen LogP contribution in [0.1, 0.15) is 85.5 Å². The molecule has 1 saturated heterocycles. The third-order valence-electron chi connectivity index (χ3n) is 10.1. The highest BCUT2D eigenvalue weighted by Crippen LogP contribution is 2.67. The maximum atomic E-state index is 10.3. The second-order valence-corrected chi connectivity index (χ2v) is 11.5. The van der Waals surface area contributed by atoms with Crippen LogP contribution in [0.25, 0.3) is 0 Å². The lowest BCUT2D eigenvalue weighted by Gasteiger charge is -2.59. The zero-order valence-corrected chi connectivity index (χ0v) is 18.6. The number of piperidine rings is 1. The topological polar surface area (TPSA) is 32.3 Å². The van der Waals surface area contributed by atoms with Gasteiger partial charge in [0.2, 0.25) is 0 Å². The number of aliphatic hydroxyl groups excluding tert-OH is 1. The molecule has 4 aliphatic carbocycles. The Bertz CT molecular complexity index is 701. The molecular weight excluding hydrogens is 342 g/mol. The largest absolute Gasteiger partial charge is 0.393 e. The van der Waals surface area contributed by atoms with Crippen LogP contribution in [0.15, 0.2) is 22.8 Å². The molecule has 8 atom stereocenters. The van der Waals surface area contributed by atoms with Crippen LogP contribution in [-0.4, -0.2) is 23.8 Å². The Balaban J connectivity index is 1.49. The summed E-state index contributed by atoms with van der Waals surface area (Å²) >= 11 is 0. The molecule has 0 aromatic rings. The molecule has 0 bridgehead atoms. The standard InChI is InChI=1S/C26H41NO/c1-16-13-18-15-19(28)8-10-25(18,3)20-9-11-26(4)21(23(16)20)14-17(2)24(26)22-7-5-6-12-27-22/h13,16,19-23,27-28H,5-12,14-15H2,1-4H3/t16?,19?,20-,21+,22?,23-,25+,26+/m1/s1. The summed E-state index contributed by atoms with van der Waals surface area (Å²) in [4.78, 5) is 0. The van der Waals surface area contributed by atoms with Gasteiger partial charge in [0, 0.05) is 6.04 Å². The van der Waals surface area contributed by atoms with Crippen molar-refractivity contribution in [2.75, 3.05) is 6.54 Å². The van der Waals surface area contributed by atoms with Crippen LogP contribution < -0.4 is 5.32 Å². The molecule has 28 heavy (non-hydrogen) atoms. The zero-order chi connectivity index (χ0) is 19.7. The molecule has 0 aromatic carbocycles. The van der Waals surface area contributed by atoms with Gasteiger partial charge in [-0.05, 0) is 105 Å². The zero-order valence-electron chi connectivity index (χ0n) is 18.6. The van der Waals surface area contributed by atoms with Crippen molar-refractivity contribution in [1.29, 1.82) is 0 Å². The molecule has 3 fully saturated rings. The number of fused-ring (bicyclic) bond motifs is 5. The second-order valence-electron chi connectivity index (χ2n) is 11.5. The molecule has 3 unspecified atom stereocenters. The molecule has 156 valence electrons. The fraction of sp³-hybridized carbons (Fsp3) is 0.846. The summed E-state index contributed by atoms with van der Waals surface area (Å²) in [5.74, 6) is 3.12. The van der Waals surface area contributed by atoms with Gasteiger partial charge in [-0.1, -0.05) is 44.4 Å². The summed E-state index contributed by atoms with van der Waals surface area (Å²) in [7, 11) is 0. The Morgan fingerprint density at radius 3 is 2.54 bits per heavy atom. The quantitative estimate of drug-likeness (QED) is 0.576. The first kappa shape index (κ1) is 19.4. The van der Waals surface area contributed by atoms with Crippen LogP contribution in [0.5, 0.6) is 0 Å². The number of allylic oxidation sites excluding steroid dienone is 2. The molecule has 1 aliphatic heterocycles. The Kier molecular flexibility index (Phi) is 4.64. The minimum Gasteiger partial charge on any atom is -0.393 e.